The Kier molecular flexibility index (Phi) is 2.69. The SMILES string of the molecule is NC(=O)C1CCc2cnn(C3CCCC3=O)c2C1. The minimum absolute atomic E-state index is 0.107. The zero-order valence-electron chi connectivity index (χ0n) is 10.3. The summed E-state index contributed by atoms with van der Waals surface area (Å²) in [6.07, 6.45) is 6.58. The van der Waals surface area contributed by atoms with Gasteiger partial charge in [-0.1, -0.05) is 0 Å². The van der Waals surface area contributed by atoms with E-state index in [9.17, 15) is 9.59 Å². The second kappa shape index (κ2) is 4.23. The molecule has 1 amide bonds. The van der Waals surface area contributed by atoms with Crippen LogP contribution in [-0.4, -0.2) is 21.5 Å². The third-order valence-corrected chi connectivity index (χ3v) is 4.16. The molecule has 1 fully saturated rings. The highest BCUT2D eigenvalue weighted by Crippen LogP contribution is 2.32. The standard InChI is InChI=1S/C13H17N3O2/c14-13(18)8-4-5-9-7-15-16(11(9)6-8)10-2-1-3-12(10)17/h7-8,10H,1-6H2,(H2,14,18). The molecular weight excluding hydrogens is 230 g/mol. The van der Waals surface area contributed by atoms with Gasteiger partial charge in [-0.2, -0.15) is 5.10 Å². The summed E-state index contributed by atoms with van der Waals surface area (Å²) in [6.45, 7) is 0. The van der Waals surface area contributed by atoms with Crippen molar-refractivity contribution in [3.63, 3.8) is 0 Å². The van der Waals surface area contributed by atoms with Crippen molar-refractivity contribution < 1.29 is 9.59 Å². The second-order valence-corrected chi connectivity index (χ2v) is 5.28. The van der Waals surface area contributed by atoms with E-state index in [0.29, 0.717) is 12.8 Å². The van der Waals surface area contributed by atoms with E-state index < -0.39 is 0 Å². The van der Waals surface area contributed by atoms with Crippen LogP contribution in [0.2, 0.25) is 0 Å². The minimum Gasteiger partial charge on any atom is -0.369 e. The Balaban J connectivity index is 1.92. The molecule has 2 unspecified atom stereocenters. The van der Waals surface area contributed by atoms with Crippen LogP contribution in [0.5, 0.6) is 0 Å². The molecule has 1 heterocycles. The molecule has 1 saturated carbocycles. The van der Waals surface area contributed by atoms with E-state index >= 15 is 0 Å². The van der Waals surface area contributed by atoms with Crippen molar-refractivity contribution in [3.8, 4) is 0 Å². The van der Waals surface area contributed by atoms with Gasteiger partial charge in [0, 0.05) is 24.5 Å². The zero-order valence-corrected chi connectivity index (χ0v) is 10.3. The first kappa shape index (κ1) is 11.4. The van der Waals surface area contributed by atoms with E-state index in [2.05, 4.69) is 5.10 Å². The second-order valence-electron chi connectivity index (χ2n) is 5.28. The van der Waals surface area contributed by atoms with Crippen LogP contribution >= 0.6 is 0 Å². The van der Waals surface area contributed by atoms with Crippen LogP contribution in [0.1, 0.15) is 43.0 Å². The Labute approximate surface area is 105 Å². The molecule has 0 saturated heterocycles. The van der Waals surface area contributed by atoms with Crippen molar-refractivity contribution in [2.45, 2.75) is 44.6 Å². The van der Waals surface area contributed by atoms with Gasteiger partial charge in [-0.25, -0.2) is 0 Å². The third kappa shape index (κ3) is 1.74. The summed E-state index contributed by atoms with van der Waals surface area (Å²) in [4.78, 5) is 23.1. The fourth-order valence-electron chi connectivity index (χ4n) is 3.09. The van der Waals surface area contributed by atoms with Crippen molar-refractivity contribution in [2.24, 2.45) is 11.7 Å². The van der Waals surface area contributed by atoms with Crippen LogP contribution < -0.4 is 5.73 Å². The van der Waals surface area contributed by atoms with E-state index in [4.69, 9.17) is 5.73 Å². The van der Waals surface area contributed by atoms with Crippen molar-refractivity contribution in [3.05, 3.63) is 17.5 Å². The summed E-state index contributed by atoms with van der Waals surface area (Å²) in [6, 6.07) is -0.111. The highest BCUT2D eigenvalue weighted by atomic mass is 16.1. The molecule has 0 aromatic carbocycles. The van der Waals surface area contributed by atoms with Crippen LogP contribution in [-0.2, 0) is 22.4 Å². The molecule has 18 heavy (non-hydrogen) atoms. The van der Waals surface area contributed by atoms with Crippen molar-refractivity contribution >= 4 is 11.7 Å². The molecule has 2 N–H and O–H groups in total. The van der Waals surface area contributed by atoms with Gasteiger partial charge in [0.1, 0.15) is 6.04 Å². The lowest BCUT2D eigenvalue weighted by Gasteiger charge is -2.22. The van der Waals surface area contributed by atoms with Gasteiger partial charge in [0.2, 0.25) is 5.91 Å². The maximum absolute atomic E-state index is 11.8. The number of nitrogens with zero attached hydrogens (tertiary/aromatic N) is 2. The summed E-state index contributed by atoms with van der Waals surface area (Å²) in [5.41, 5.74) is 7.61. The van der Waals surface area contributed by atoms with Crippen molar-refractivity contribution in [1.29, 1.82) is 0 Å². The predicted molar refractivity (Wildman–Crippen MR) is 64.8 cm³/mol. The van der Waals surface area contributed by atoms with Crippen LogP contribution in [0.25, 0.3) is 0 Å². The van der Waals surface area contributed by atoms with Crippen LogP contribution in [0.4, 0.5) is 0 Å². The Morgan fingerprint density at radius 2 is 2.22 bits per heavy atom. The maximum Gasteiger partial charge on any atom is 0.220 e. The van der Waals surface area contributed by atoms with Gasteiger partial charge in [-0.3, -0.25) is 14.3 Å². The Bertz CT molecular complexity index is 506. The number of fused-ring (bicyclic) bond motifs is 1. The molecule has 0 spiro atoms. The van der Waals surface area contributed by atoms with Gasteiger partial charge in [0.25, 0.3) is 0 Å². The number of carbonyl (C=O) groups is 2. The normalized spacial score (nSPS) is 27.2. The monoisotopic (exact) mass is 247 g/mol. The minimum atomic E-state index is -0.244. The molecule has 5 nitrogen and oxygen atoms in total. The van der Waals surface area contributed by atoms with E-state index in [1.807, 2.05) is 10.9 Å². The van der Waals surface area contributed by atoms with Gasteiger partial charge in [-0.05, 0) is 31.2 Å². The van der Waals surface area contributed by atoms with Gasteiger partial charge < -0.3 is 5.73 Å². The van der Waals surface area contributed by atoms with Crippen LogP contribution in [0.15, 0.2) is 6.20 Å². The lowest BCUT2D eigenvalue weighted by molar-refractivity contribution is -0.122. The smallest absolute Gasteiger partial charge is 0.220 e. The first-order valence-corrected chi connectivity index (χ1v) is 6.54. The Hall–Kier alpha value is -1.65. The van der Waals surface area contributed by atoms with E-state index in [-0.39, 0.29) is 23.7 Å². The number of hydrogen-bond acceptors (Lipinski definition) is 3. The van der Waals surface area contributed by atoms with Gasteiger partial charge in [0.05, 0.1) is 6.20 Å². The van der Waals surface area contributed by atoms with E-state index in [1.54, 1.807) is 0 Å². The first-order chi connectivity index (χ1) is 8.66. The quantitative estimate of drug-likeness (QED) is 0.838. The molecular formula is C13H17N3O2. The van der Waals surface area contributed by atoms with Crippen molar-refractivity contribution in [1.82, 2.24) is 9.78 Å². The van der Waals surface area contributed by atoms with Crippen molar-refractivity contribution in [2.75, 3.05) is 0 Å². The van der Waals surface area contributed by atoms with Crippen LogP contribution in [0, 0.1) is 5.92 Å². The number of hydrogen-bond donors (Lipinski definition) is 1. The average Bonchev–Trinajstić information content (AvgIpc) is 2.93. The summed E-state index contributed by atoms with van der Waals surface area (Å²) in [5.74, 6) is -0.0855. The number of primary amides is 1. The fraction of sp³-hybridized carbons (Fsp3) is 0.615. The third-order valence-electron chi connectivity index (χ3n) is 4.16. The molecule has 1 aromatic rings. The number of ketones is 1. The topological polar surface area (TPSA) is 78.0 Å². The lowest BCUT2D eigenvalue weighted by atomic mass is 9.87. The largest absolute Gasteiger partial charge is 0.369 e. The van der Waals surface area contributed by atoms with Gasteiger partial charge >= 0.3 is 0 Å². The summed E-state index contributed by atoms with van der Waals surface area (Å²) < 4.78 is 1.85. The number of Topliss-reactive ketones (excluding diaryl/α,β-unsaturated/α-hetero) is 1. The molecule has 3 rings (SSSR count). The number of aromatic nitrogens is 2. The fourth-order valence-corrected chi connectivity index (χ4v) is 3.09. The highest BCUT2D eigenvalue weighted by molar-refractivity contribution is 5.84. The predicted octanol–water partition coefficient (Wildman–Crippen LogP) is 0.767. The first-order valence-electron chi connectivity index (χ1n) is 6.54. The van der Waals surface area contributed by atoms with Crippen LogP contribution in [0.3, 0.4) is 0 Å². The summed E-state index contributed by atoms with van der Waals surface area (Å²) >= 11 is 0. The molecule has 5 heteroatoms. The maximum atomic E-state index is 11.8. The molecule has 2 atom stereocenters. The molecule has 2 aliphatic rings. The summed E-state index contributed by atoms with van der Waals surface area (Å²) in [5, 5.41) is 4.37. The molecule has 96 valence electrons. The number of aryl methyl sites for hydroxylation is 1. The zero-order chi connectivity index (χ0) is 12.7. The number of rotatable bonds is 2. The van der Waals surface area contributed by atoms with E-state index in [1.165, 1.54) is 5.56 Å². The van der Waals surface area contributed by atoms with Gasteiger partial charge in [-0.15, -0.1) is 0 Å². The summed E-state index contributed by atoms with van der Waals surface area (Å²) in [7, 11) is 0. The average molecular weight is 247 g/mol. The Morgan fingerprint density at radius 3 is 2.89 bits per heavy atom. The highest BCUT2D eigenvalue weighted by Gasteiger charge is 2.32. The van der Waals surface area contributed by atoms with E-state index in [0.717, 1.165) is 31.4 Å². The molecule has 0 radical (unpaired) electrons. The Morgan fingerprint density at radius 1 is 1.39 bits per heavy atom. The number of nitrogens with two attached hydrogens (primary N) is 1. The molecule has 1 aromatic heterocycles. The van der Waals surface area contributed by atoms with Gasteiger partial charge in [0.15, 0.2) is 5.78 Å². The molecule has 0 bridgehead atoms. The molecule has 0 aliphatic heterocycles. The molecule has 2 aliphatic carbocycles. The number of carbonyl (C=O) groups excluding carboxylic acids is 2. The number of amides is 1. The lowest BCUT2D eigenvalue weighted by Crippen LogP contribution is -2.30.